The van der Waals surface area contributed by atoms with Gasteiger partial charge >= 0.3 is 0 Å². The van der Waals surface area contributed by atoms with Gasteiger partial charge in [0.1, 0.15) is 0 Å². The zero-order valence-electron chi connectivity index (χ0n) is 11.6. The highest BCUT2D eigenvalue weighted by Gasteiger charge is 2.34. The predicted octanol–water partition coefficient (Wildman–Crippen LogP) is 0.269. The molecule has 19 heavy (non-hydrogen) atoms. The summed E-state index contributed by atoms with van der Waals surface area (Å²) in [6, 6.07) is 0. The van der Waals surface area contributed by atoms with Gasteiger partial charge in [0.05, 0.1) is 17.4 Å². The van der Waals surface area contributed by atoms with E-state index in [0.29, 0.717) is 12.3 Å². The molecule has 0 spiro atoms. The monoisotopic (exact) mass is 288 g/mol. The Morgan fingerprint density at radius 1 is 1.26 bits per heavy atom. The molecule has 110 valence electrons. The Labute approximate surface area is 115 Å². The van der Waals surface area contributed by atoms with E-state index in [2.05, 4.69) is 5.32 Å². The van der Waals surface area contributed by atoms with Crippen LogP contribution < -0.4 is 5.32 Å². The predicted molar refractivity (Wildman–Crippen MR) is 74.6 cm³/mol. The Hall–Kier alpha value is -0.620. The summed E-state index contributed by atoms with van der Waals surface area (Å²) in [5.41, 5.74) is 0. The van der Waals surface area contributed by atoms with Gasteiger partial charge in [-0.3, -0.25) is 4.79 Å². The largest absolute Gasteiger partial charge is 0.345 e. The summed E-state index contributed by atoms with van der Waals surface area (Å²) in [5, 5.41) is 3.33. The Bertz CT molecular complexity index is 416. The molecule has 1 atom stereocenters. The Morgan fingerprint density at radius 3 is 2.53 bits per heavy atom. The van der Waals surface area contributed by atoms with Gasteiger partial charge in [0.2, 0.25) is 5.91 Å². The van der Waals surface area contributed by atoms with Crippen LogP contribution in [0.1, 0.15) is 25.7 Å². The van der Waals surface area contributed by atoms with Gasteiger partial charge in [0.15, 0.2) is 9.84 Å². The molecular formula is C13H24N2O3S. The molecule has 0 radical (unpaired) electrons. The molecule has 0 aromatic carbocycles. The van der Waals surface area contributed by atoms with E-state index in [-0.39, 0.29) is 23.3 Å². The SMILES string of the molecule is CN(CCC1CCNCC1)C(=O)C1CCS(=O)(=O)C1. The van der Waals surface area contributed by atoms with Crippen molar-refractivity contribution in [3.8, 4) is 0 Å². The molecule has 2 fully saturated rings. The Balaban J connectivity index is 1.76. The lowest BCUT2D eigenvalue weighted by Gasteiger charge is -2.26. The van der Waals surface area contributed by atoms with Crippen molar-refractivity contribution in [2.24, 2.45) is 11.8 Å². The second kappa shape index (κ2) is 6.22. The van der Waals surface area contributed by atoms with Gasteiger partial charge < -0.3 is 10.2 Å². The van der Waals surface area contributed by atoms with Crippen molar-refractivity contribution >= 4 is 15.7 Å². The summed E-state index contributed by atoms with van der Waals surface area (Å²) >= 11 is 0. The van der Waals surface area contributed by atoms with Crippen molar-refractivity contribution in [3.63, 3.8) is 0 Å². The lowest BCUT2D eigenvalue weighted by molar-refractivity contribution is -0.133. The summed E-state index contributed by atoms with van der Waals surface area (Å²) in [4.78, 5) is 13.9. The highest BCUT2D eigenvalue weighted by molar-refractivity contribution is 7.91. The zero-order valence-corrected chi connectivity index (χ0v) is 12.4. The van der Waals surface area contributed by atoms with E-state index in [0.717, 1.165) is 26.1 Å². The fraction of sp³-hybridized carbons (Fsp3) is 0.923. The fourth-order valence-electron chi connectivity index (χ4n) is 2.96. The number of amides is 1. The Morgan fingerprint density at radius 2 is 1.95 bits per heavy atom. The maximum Gasteiger partial charge on any atom is 0.226 e. The number of sulfone groups is 1. The first-order chi connectivity index (χ1) is 8.98. The molecule has 0 aromatic heterocycles. The first kappa shape index (κ1) is 14.8. The lowest BCUT2D eigenvalue weighted by atomic mass is 9.94. The Kier molecular flexibility index (Phi) is 4.84. The third-order valence-electron chi connectivity index (χ3n) is 4.29. The number of rotatable bonds is 4. The van der Waals surface area contributed by atoms with Crippen molar-refractivity contribution in [1.29, 1.82) is 0 Å². The highest BCUT2D eigenvalue weighted by atomic mass is 32.2. The summed E-state index contributed by atoms with van der Waals surface area (Å²) < 4.78 is 22.8. The number of carbonyl (C=O) groups is 1. The minimum Gasteiger partial charge on any atom is -0.345 e. The molecule has 1 N–H and O–H groups in total. The van der Waals surface area contributed by atoms with Crippen molar-refractivity contribution in [1.82, 2.24) is 10.2 Å². The molecule has 1 amide bonds. The van der Waals surface area contributed by atoms with Crippen LogP contribution in [0.4, 0.5) is 0 Å². The minimum absolute atomic E-state index is 0.00927. The van der Waals surface area contributed by atoms with Gasteiger partial charge in [0.25, 0.3) is 0 Å². The standard InChI is InChI=1S/C13H24N2O3S/c1-15(8-4-11-2-6-14-7-3-11)13(16)12-5-9-19(17,18)10-12/h11-12,14H,2-10H2,1H3. The fourth-order valence-corrected chi connectivity index (χ4v) is 4.69. The maximum atomic E-state index is 12.2. The molecule has 0 aliphatic carbocycles. The normalized spacial score (nSPS) is 27.3. The van der Waals surface area contributed by atoms with Crippen molar-refractivity contribution < 1.29 is 13.2 Å². The second-order valence-electron chi connectivity index (χ2n) is 5.84. The van der Waals surface area contributed by atoms with Gasteiger partial charge in [-0.05, 0) is 44.7 Å². The van der Waals surface area contributed by atoms with E-state index in [1.807, 2.05) is 0 Å². The number of hydrogen-bond acceptors (Lipinski definition) is 4. The van der Waals surface area contributed by atoms with E-state index >= 15 is 0 Å². The van der Waals surface area contributed by atoms with Gasteiger partial charge in [-0.2, -0.15) is 0 Å². The number of carbonyl (C=O) groups excluding carboxylic acids is 1. The summed E-state index contributed by atoms with van der Waals surface area (Å²) in [6.45, 7) is 2.90. The molecule has 2 saturated heterocycles. The van der Waals surface area contributed by atoms with Crippen LogP contribution in [-0.2, 0) is 14.6 Å². The van der Waals surface area contributed by atoms with Crippen LogP contribution in [0.25, 0.3) is 0 Å². The third-order valence-corrected chi connectivity index (χ3v) is 6.06. The molecule has 2 rings (SSSR count). The third kappa shape index (κ3) is 4.18. The van der Waals surface area contributed by atoms with E-state index in [4.69, 9.17) is 0 Å². The zero-order chi connectivity index (χ0) is 13.9. The molecule has 2 aliphatic rings. The van der Waals surface area contributed by atoms with E-state index in [1.165, 1.54) is 12.8 Å². The van der Waals surface area contributed by atoms with E-state index in [1.54, 1.807) is 11.9 Å². The maximum absolute atomic E-state index is 12.2. The number of nitrogens with zero attached hydrogens (tertiary/aromatic N) is 1. The summed E-state index contributed by atoms with van der Waals surface area (Å²) in [5.74, 6) is 0.622. The van der Waals surface area contributed by atoms with Crippen LogP contribution in [0.2, 0.25) is 0 Å². The quantitative estimate of drug-likeness (QED) is 0.806. The van der Waals surface area contributed by atoms with E-state index < -0.39 is 9.84 Å². The smallest absolute Gasteiger partial charge is 0.226 e. The first-order valence-corrected chi connectivity index (χ1v) is 8.96. The van der Waals surface area contributed by atoms with Crippen molar-refractivity contribution in [2.75, 3.05) is 38.2 Å². The number of piperidine rings is 1. The van der Waals surface area contributed by atoms with Crippen LogP contribution in [0.15, 0.2) is 0 Å². The number of hydrogen-bond donors (Lipinski definition) is 1. The van der Waals surface area contributed by atoms with Crippen LogP contribution in [-0.4, -0.2) is 57.4 Å². The van der Waals surface area contributed by atoms with Crippen LogP contribution in [0.5, 0.6) is 0 Å². The highest BCUT2D eigenvalue weighted by Crippen LogP contribution is 2.21. The van der Waals surface area contributed by atoms with Gasteiger partial charge in [-0.1, -0.05) is 0 Å². The first-order valence-electron chi connectivity index (χ1n) is 7.14. The average Bonchev–Trinajstić information content (AvgIpc) is 2.76. The molecule has 6 heteroatoms. The minimum atomic E-state index is -2.97. The van der Waals surface area contributed by atoms with Crippen molar-refractivity contribution in [2.45, 2.75) is 25.7 Å². The second-order valence-corrected chi connectivity index (χ2v) is 8.07. The van der Waals surface area contributed by atoms with Gasteiger partial charge in [0, 0.05) is 13.6 Å². The molecule has 0 bridgehead atoms. The van der Waals surface area contributed by atoms with Crippen LogP contribution in [0.3, 0.4) is 0 Å². The average molecular weight is 288 g/mol. The summed E-state index contributed by atoms with van der Waals surface area (Å²) in [7, 11) is -1.17. The molecule has 2 heterocycles. The molecule has 2 aliphatic heterocycles. The van der Waals surface area contributed by atoms with Gasteiger partial charge in [-0.25, -0.2) is 8.42 Å². The number of nitrogens with one attached hydrogen (secondary N) is 1. The van der Waals surface area contributed by atoms with Crippen LogP contribution in [0, 0.1) is 11.8 Å². The van der Waals surface area contributed by atoms with Crippen LogP contribution >= 0.6 is 0 Å². The summed E-state index contributed by atoms with van der Waals surface area (Å²) in [6.07, 6.45) is 3.89. The molecule has 0 saturated carbocycles. The van der Waals surface area contributed by atoms with Gasteiger partial charge in [-0.15, -0.1) is 0 Å². The molecule has 5 nitrogen and oxygen atoms in total. The molecule has 0 aromatic rings. The van der Waals surface area contributed by atoms with E-state index in [9.17, 15) is 13.2 Å². The molecule has 1 unspecified atom stereocenters. The lowest BCUT2D eigenvalue weighted by Crippen LogP contribution is -2.36. The topological polar surface area (TPSA) is 66.5 Å². The van der Waals surface area contributed by atoms with Crippen molar-refractivity contribution in [3.05, 3.63) is 0 Å². The molecular weight excluding hydrogens is 264 g/mol.